The molecule has 16 rings (SSSR count). The molecule has 4 aliphatic rings. The van der Waals surface area contributed by atoms with Gasteiger partial charge in [0.2, 0.25) is 0 Å². The van der Waals surface area contributed by atoms with E-state index in [4.69, 9.17) is 9.47 Å². The molecule has 77 heavy (non-hydrogen) atoms. The molecular formula is C74H47NO2. The summed E-state index contributed by atoms with van der Waals surface area (Å²) in [6.45, 7) is 0. The Hall–Kier alpha value is -9.96. The third-order valence-electron chi connectivity index (χ3n) is 16.8. The van der Waals surface area contributed by atoms with E-state index in [1.54, 1.807) is 0 Å². The van der Waals surface area contributed by atoms with E-state index >= 15 is 0 Å². The maximum Gasteiger partial charge on any atom is 0.132 e. The smallest absolute Gasteiger partial charge is 0.132 e. The molecule has 2 aliphatic heterocycles. The van der Waals surface area contributed by atoms with Crippen molar-refractivity contribution in [1.29, 1.82) is 0 Å². The number of hydrogen-bond acceptors (Lipinski definition) is 3. The van der Waals surface area contributed by atoms with Crippen molar-refractivity contribution in [3.8, 4) is 78.6 Å². The molecule has 0 radical (unpaired) electrons. The van der Waals surface area contributed by atoms with Gasteiger partial charge in [0.1, 0.15) is 23.0 Å². The van der Waals surface area contributed by atoms with Crippen molar-refractivity contribution < 1.29 is 9.47 Å². The maximum absolute atomic E-state index is 6.80. The van der Waals surface area contributed by atoms with Gasteiger partial charge in [-0.05, 0) is 104 Å². The average Bonchev–Trinajstić information content (AvgIpc) is 4.12. The van der Waals surface area contributed by atoms with Crippen LogP contribution in [-0.2, 0) is 10.8 Å². The van der Waals surface area contributed by atoms with Gasteiger partial charge in [-0.15, -0.1) is 0 Å². The third kappa shape index (κ3) is 6.02. The Kier molecular flexibility index (Phi) is 9.47. The largest absolute Gasteiger partial charge is 0.457 e. The third-order valence-corrected chi connectivity index (χ3v) is 16.8. The average molecular weight is 982 g/mol. The number of fused-ring (bicyclic) bond motifs is 18. The highest BCUT2D eigenvalue weighted by Crippen LogP contribution is 2.66. The topological polar surface area (TPSA) is 21.7 Å². The Bertz CT molecular complexity index is 4270. The highest BCUT2D eigenvalue weighted by atomic mass is 16.5. The first-order chi connectivity index (χ1) is 38.2. The van der Waals surface area contributed by atoms with E-state index in [2.05, 4.69) is 290 Å². The normalized spacial score (nSPS) is 13.9. The summed E-state index contributed by atoms with van der Waals surface area (Å²) in [5.41, 5.74) is 23.2. The zero-order valence-electron chi connectivity index (χ0n) is 41.9. The second-order valence-electron chi connectivity index (χ2n) is 20.5. The molecule has 12 aromatic rings. The van der Waals surface area contributed by atoms with E-state index in [9.17, 15) is 0 Å². The molecule has 2 spiro atoms. The van der Waals surface area contributed by atoms with Gasteiger partial charge >= 0.3 is 0 Å². The van der Waals surface area contributed by atoms with Crippen LogP contribution in [0, 0.1) is 0 Å². The lowest BCUT2D eigenvalue weighted by molar-refractivity contribution is 0.436. The molecule has 360 valence electrons. The Balaban J connectivity index is 0.987. The summed E-state index contributed by atoms with van der Waals surface area (Å²) < 4.78 is 13.6. The van der Waals surface area contributed by atoms with Gasteiger partial charge < -0.3 is 14.4 Å². The summed E-state index contributed by atoms with van der Waals surface area (Å²) in [6.07, 6.45) is 0. The molecule has 3 nitrogen and oxygen atoms in total. The summed E-state index contributed by atoms with van der Waals surface area (Å²) in [4.78, 5) is 2.57. The number of nitrogens with zero attached hydrogens (tertiary/aromatic N) is 1. The maximum atomic E-state index is 6.80. The van der Waals surface area contributed by atoms with Crippen molar-refractivity contribution >= 4 is 17.1 Å². The SMILES string of the molecule is c1ccc(-c2ccc(-c3ccccc3N(c3ccccc3-c3cccc4c3-c3ccccc3C43c4ccccc4Oc4ccccc43)c3cccc4c3-c3ccccc3C43c4ccccc4Oc4ccccc43)cc2)cc1. The summed E-state index contributed by atoms with van der Waals surface area (Å²) in [6, 6.07) is 104. The number of hydrogen-bond donors (Lipinski definition) is 0. The molecule has 0 saturated carbocycles. The van der Waals surface area contributed by atoms with E-state index < -0.39 is 10.8 Å². The molecule has 0 saturated heterocycles. The lowest BCUT2D eigenvalue weighted by Crippen LogP contribution is -2.32. The van der Waals surface area contributed by atoms with Crippen LogP contribution < -0.4 is 14.4 Å². The molecule has 12 aromatic carbocycles. The Morgan fingerprint density at radius 1 is 0.208 bits per heavy atom. The summed E-state index contributed by atoms with van der Waals surface area (Å²) in [5.74, 6) is 3.50. The summed E-state index contributed by atoms with van der Waals surface area (Å²) >= 11 is 0. The Morgan fingerprint density at radius 3 is 1.09 bits per heavy atom. The van der Waals surface area contributed by atoms with Crippen LogP contribution in [0.15, 0.2) is 285 Å². The van der Waals surface area contributed by atoms with E-state index in [0.717, 1.165) is 84.6 Å². The Labute approximate surface area is 448 Å². The van der Waals surface area contributed by atoms with Crippen LogP contribution in [0.5, 0.6) is 23.0 Å². The van der Waals surface area contributed by atoms with Crippen LogP contribution in [0.25, 0.3) is 55.6 Å². The molecular weight excluding hydrogens is 935 g/mol. The molecule has 2 aliphatic carbocycles. The highest BCUT2D eigenvalue weighted by molar-refractivity contribution is 6.05. The van der Waals surface area contributed by atoms with E-state index in [1.807, 2.05) is 0 Å². The molecule has 3 heteroatoms. The van der Waals surface area contributed by atoms with Crippen LogP contribution in [0.1, 0.15) is 44.5 Å². The second-order valence-corrected chi connectivity index (χ2v) is 20.5. The minimum Gasteiger partial charge on any atom is -0.457 e. The van der Waals surface area contributed by atoms with Crippen molar-refractivity contribution in [3.63, 3.8) is 0 Å². The monoisotopic (exact) mass is 981 g/mol. The van der Waals surface area contributed by atoms with Crippen LogP contribution in [0.2, 0.25) is 0 Å². The van der Waals surface area contributed by atoms with Gasteiger partial charge in [-0.1, -0.05) is 243 Å². The first-order valence-corrected chi connectivity index (χ1v) is 26.6. The van der Waals surface area contributed by atoms with Crippen LogP contribution in [0.4, 0.5) is 17.1 Å². The number of para-hydroxylation sites is 6. The second kappa shape index (κ2) is 16.8. The fraction of sp³-hybridized carbons (Fsp3) is 0.0270. The van der Waals surface area contributed by atoms with Gasteiger partial charge in [0.05, 0.1) is 27.9 Å². The van der Waals surface area contributed by atoms with Gasteiger partial charge in [-0.3, -0.25) is 0 Å². The summed E-state index contributed by atoms with van der Waals surface area (Å²) in [5, 5.41) is 0. The molecule has 0 atom stereocenters. The van der Waals surface area contributed by atoms with Crippen LogP contribution in [-0.4, -0.2) is 0 Å². The van der Waals surface area contributed by atoms with Crippen molar-refractivity contribution in [2.24, 2.45) is 0 Å². The number of rotatable bonds is 6. The predicted octanol–water partition coefficient (Wildman–Crippen LogP) is 19.1. The minimum atomic E-state index is -0.653. The summed E-state index contributed by atoms with van der Waals surface area (Å²) in [7, 11) is 0. The standard InChI is InChI=1S/C74H47NO2/c1-2-22-48(23-3-1)49-44-46-50(47-45-49)51-24-6-14-37-64(51)75(66-39-21-36-63-72(66)55-27-5-9-30-57(55)74(63)60-33-12-18-42-69(60)77-70-43-19-13-34-61(70)74)65-38-15-7-25-52(65)53-28-20-35-62-71(53)54-26-4-8-29-56(54)73(62)58-31-10-16-40-67(58)76-68-41-17-11-32-59(68)73/h1-47H. The van der Waals surface area contributed by atoms with Crippen LogP contribution >= 0.6 is 0 Å². The van der Waals surface area contributed by atoms with Crippen molar-refractivity contribution in [2.45, 2.75) is 10.8 Å². The van der Waals surface area contributed by atoms with Crippen molar-refractivity contribution in [2.75, 3.05) is 4.90 Å². The molecule has 2 heterocycles. The van der Waals surface area contributed by atoms with E-state index in [1.165, 1.54) is 55.6 Å². The van der Waals surface area contributed by atoms with Gasteiger partial charge in [0.15, 0.2) is 0 Å². The fourth-order valence-electron chi connectivity index (χ4n) is 13.9. The highest BCUT2D eigenvalue weighted by Gasteiger charge is 2.53. The zero-order chi connectivity index (χ0) is 50.7. The molecule has 0 fully saturated rings. The van der Waals surface area contributed by atoms with Crippen molar-refractivity contribution in [1.82, 2.24) is 0 Å². The van der Waals surface area contributed by atoms with Crippen molar-refractivity contribution in [3.05, 3.63) is 330 Å². The first-order valence-electron chi connectivity index (χ1n) is 26.6. The predicted molar refractivity (Wildman–Crippen MR) is 312 cm³/mol. The van der Waals surface area contributed by atoms with Gasteiger partial charge in [-0.2, -0.15) is 0 Å². The zero-order valence-corrected chi connectivity index (χ0v) is 41.9. The van der Waals surface area contributed by atoms with Gasteiger partial charge in [-0.25, -0.2) is 0 Å². The quantitative estimate of drug-likeness (QED) is 0.166. The molecule has 0 N–H and O–H groups in total. The van der Waals surface area contributed by atoms with Crippen LogP contribution in [0.3, 0.4) is 0 Å². The van der Waals surface area contributed by atoms with E-state index in [0.29, 0.717) is 0 Å². The lowest BCUT2D eigenvalue weighted by Gasteiger charge is -2.39. The number of benzene rings is 12. The van der Waals surface area contributed by atoms with Gasteiger partial charge in [0, 0.05) is 38.9 Å². The number of anilines is 3. The first kappa shape index (κ1) is 43.4. The molecule has 0 amide bonds. The van der Waals surface area contributed by atoms with Gasteiger partial charge in [0.25, 0.3) is 0 Å². The number of ether oxygens (including phenoxy) is 2. The molecule has 0 aromatic heterocycles. The fourth-order valence-corrected chi connectivity index (χ4v) is 13.9. The molecule has 0 bridgehead atoms. The van der Waals surface area contributed by atoms with E-state index in [-0.39, 0.29) is 0 Å². The lowest BCUT2D eigenvalue weighted by atomic mass is 9.66. The Morgan fingerprint density at radius 2 is 0.545 bits per heavy atom. The molecule has 0 unspecified atom stereocenters. The minimum absolute atomic E-state index is 0.616.